The zero-order chi connectivity index (χ0) is 46.4. The number of hydrogen-bond donors (Lipinski definition) is 5. The molecule has 0 saturated heterocycles. The molecule has 6 unspecified atom stereocenters. The predicted octanol–water partition coefficient (Wildman–Crippen LogP) is 4.07. The molecule has 350 valence electrons. The molecule has 0 fully saturated rings. The number of amides is 4. The van der Waals surface area contributed by atoms with E-state index in [1.807, 2.05) is 6.92 Å². The number of aromatic nitrogens is 2. The van der Waals surface area contributed by atoms with Crippen molar-refractivity contribution in [3.63, 3.8) is 0 Å². The third-order valence-corrected chi connectivity index (χ3v) is 13.0. The molecule has 2 aromatic heterocycles. The van der Waals surface area contributed by atoms with Gasteiger partial charge in [-0.2, -0.15) is 0 Å². The number of ether oxygens (including phenoxy) is 1. The first-order valence-electron chi connectivity index (χ1n) is 19.7. The van der Waals surface area contributed by atoms with Crippen LogP contribution in [0.2, 0.25) is 0 Å². The first kappa shape index (κ1) is 49.5. The van der Waals surface area contributed by atoms with Crippen LogP contribution < -0.4 is 26.2 Å². The van der Waals surface area contributed by atoms with Crippen molar-refractivity contribution in [3.05, 3.63) is 125 Å². The monoisotopic (exact) mass is 912 g/mol. The first-order valence-corrected chi connectivity index (χ1v) is 19.7. The second kappa shape index (κ2) is 17.4. The van der Waals surface area contributed by atoms with Crippen LogP contribution in [0.15, 0.2) is 46.0 Å². The van der Waals surface area contributed by atoms with Crippen LogP contribution in [0.5, 0.6) is 11.5 Å². The summed E-state index contributed by atoms with van der Waals surface area (Å²) < 4.78 is 62.3. The molecule has 0 saturated carbocycles. The Labute approximate surface area is 371 Å². The molecule has 6 heterocycles. The highest BCUT2D eigenvalue weighted by atomic mass is 19.1. The first-order chi connectivity index (χ1) is 29.5. The molecule has 4 aliphatic heterocycles. The quantitative estimate of drug-likeness (QED) is 0.168. The van der Waals surface area contributed by atoms with Gasteiger partial charge in [-0.15, -0.1) is 0 Å². The van der Waals surface area contributed by atoms with Crippen LogP contribution in [0.1, 0.15) is 119 Å². The fourth-order valence-corrected chi connectivity index (χ4v) is 9.30. The summed E-state index contributed by atoms with van der Waals surface area (Å²) in [7, 11) is 4.34. The number of benzene rings is 2. The molecule has 0 bridgehead atoms. The molecule has 4 aromatic rings. The average Bonchev–Trinajstić information content (AvgIpc) is 3.53. The Bertz CT molecular complexity index is 2780. The van der Waals surface area contributed by atoms with Crippen molar-refractivity contribution in [2.24, 2.45) is 11.8 Å². The molecule has 0 spiro atoms. The highest BCUT2D eigenvalue weighted by Gasteiger charge is 2.56. The minimum absolute atomic E-state index is 0. The number of halogens is 4. The normalized spacial score (nSPS) is 23.3. The van der Waals surface area contributed by atoms with Gasteiger partial charge in [-0.1, -0.05) is 40.8 Å². The minimum Gasteiger partial charge on any atom is -0.503 e. The van der Waals surface area contributed by atoms with E-state index in [4.69, 9.17) is 4.74 Å². The van der Waals surface area contributed by atoms with E-state index in [9.17, 15) is 61.6 Å². The van der Waals surface area contributed by atoms with Crippen molar-refractivity contribution in [1.82, 2.24) is 29.6 Å². The largest absolute Gasteiger partial charge is 0.503 e. The van der Waals surface area contributed by atoms with Crippen molar-refractivity contribution < 1.29 is 56.8 Å². The number of hydrogen-bond acceptors (Lipinski definition) is 10. The number of carbonyl (C=O) groups excluding carboxylic acids is 4. The topological polar surface area (TPSA) is 213 Å². The summed E-state index contributed by atoms with van der Waals surface area (Å²) in [5.74, 6) is -8.20. The number of nitrogens with zero attached hydrogens (tertiary/aromatic N) is 4. The molecule has 16 nitrogen and oxygen atoms in total. The van der Waals surface area contributed by atoms with E-state index >= 15 is 0 Å². The Morgan fingerprint density at radius 2 is 1.09 bits per heavy atom. The van der Waals surface area contributed by atoms with E-state index in [2.05, 4.69) is 10.6 Å². The van der Waals surface area contributed by atoms with Crippen LogP contribution in [0, 0.1) is 35.1 Å². The highest BCUT2D eigenvalue weighted by molar-refractivity contribution is 6.02. The summed E-state index contributed by atoms with van der Waals surface area (Å²) in [6.07, 6.45) is -2.44. The fraction of sp³-hybridized carbons (Fsp3) is 0.422. The van der Waals surface area contributed by atoms with E-state index in [1.54, 1.807) is 27.8 Å². The van der Waals surface area contributed by atoms with Crippen LogP contribution in [-0.4, -0.2) is 92.2 Å². The van der Waals surface area contributed by atoms with E-state index < -0.39 is 104 Å². The molecule has 4 aliphatic rings. The maximum absolute atomic E-state index is 14.0. The van der Waals surface area contributed by atoms with Crippen LogP contribution in [-0.2, 0) is 24.2 Å². The molecular formula is C45H52F4N6O10. The SMILES string of the molecule is C.C.CC1C(O)c2c(C(=O)NCc3ccc(F)cc3F)c(=O)c(O)c3n2C1(C)CN(C)C3=O.COc1c2n3c(c(C(=O)NCc4ccc(F)cc4F)c1=O)C(O)C(C)C3(C)CN(C)C2=O. The number of pyridine rings is 2. The van der Waals surface area contributed by atoms with E-state index in [-0.39, 0.29) is 86.2 Å². The van der Waals surface area contributed by atoms with Crippen molar-refractivity contribution in [3.8, 4) is 11.5 Å². The van der Waals surface area contributed by atoms with E-state index in [0.717, 1.165) is 18.2 Å². The van der Waals surface area contributed by atoms with Gasteiger partial charge < -0.3 is 49.6 Å². The molecule has 8 rings (SSSR count). The summed E-state index contributed by atoms with van der Waals surface area (Å²) in [5.41, 5.74) is -4.79. The third kappa shape index (κ3) is 7.50. The van der Waals surface area contributed by atoms with Crippen molar-refractivity contribution in [1.29, 1.82) is 0 Å². The molecule has 4 amide bonds. The lowest BCUT2D eigenvalue weighted by Gasteiger charge is -2.42. The van der Waals surface area contributed by atoms with E-state index in [1.165, 1.54) is 39.2 Å². The zero-order valence-corrected chi connectivity index (χ0v) is 35.1. The Morgan fingerprint density at radius 1 is 0.708 bits per heavy atom. The zero-order valence-electron chi connectivity index (χ0n) is 35.1. The van der Waals surface area contributed by atoms with Gasteiger partial charge in [-0.3, -0.25) is 28.8 Å². The molecular weight excluding hydrogens is 861 g/mol. The van der Waals surface area contributed by atoms with Crippen LogP contribution in [0.3, 0.4) is 0 Å². The maximum Gasteiger partial charge on any atom is 0.274 e. The van der Waals surface area contributed by atoms with Crippen molar-refractivity contribution >= 4 is 23.6 Å². The van der Waals surface area contributed by atoms with Crippen LogP contribution in [0.25, 0.3) is 0 Å². The van der Waals surface area contributed by atoms with Gasteiger partial charge in [0.05, 0.1) is 41.8 Å². The Hall–Kier alpha value is -6.54. The number of aliphatic hydroxyl groups is 2. The van der Waals surface area contributed by atoms with E-state index in [0.29, 0.717) is 12.1 Å². The maximum atomic E-state index is 14.0. The number of aliphatic hydroxyl groups excluding tert-OH is 2. The average molecular weight is 913 g/mol. The van der Waals surface area contributed by atoms with Gasteiger partial charge in [0, 0.05) is 75.4 Å². The molecule has 65 heavy (non-hydrogen) atoms. The molecule has 0 aliphatic carbocycles. The van der Waals surface area contributed by atoms with Gasteiger partial charge in [0.25, 0.3) is 23.6 Å². The van der Waals surface area contributed by atoms with Crippen LogP contribution in [0.4, 0.5) is 17.6 Å². The molecule has 0 radical (unpaired) electrons. The van der Waals surface area contributed by atoms with Crippen molar-refractivity contribution in [2.45, 2.75) is 78.9 Å². The lowest BCUT2D eigenvalue weighted by Crippen LogP contribution is -2.53. The highest BCUT2D eigenvalue weighted by Crippen LogP contribution is 2.50. The lowest BCUT2D eigenvalue weighted by atomic mass is 9.84. The summed E-state index contributed by atoms with van der Waals surface area (Å²) >= 11 is 0. The molecule has 2 aromatic carbocycles. The second-order valence-electron chi connectivity index (χ2n) is 16.8. The number of methoxy groups -OCH3 is 1. The fourth-order valence-electron chi connectivity index (χ4n) is 9.30. The number of aromatic hydroxyl groups is 1. The molecule has 20 heteroatoms. The summed E-state index contributed by atoms with van der Waals surface area (Å²) in [6.45, 7) is 6.91. The predicted molar refractivity (Wildman–Crippen MR) is 228 cm³/mol. The Kier molecular flexibility index (Phi) is 13.3. The van der Waals surface area contributed by atoms with Gasteiger partial charge in [-0.05, 0) is 26.0 Å². The van der Waals surface area contributed by atoms with Gasteiger partial charge in [-0.25, -0.2) is 17.6 Å². The third-order valence-electron chi connectivity index (χ3n) is 13.0. The summed E-state index contributed by atoms with van der Waals surface area (Å²) in [5, 5.41) is 37.3. The Balaban J connectivity index is 0.000000237. The van der Waals surface area contributed by atoms with Crippen LogP contribution >= 0.6 is 0 Å². The number of nitrogens with one attached hydrogen (secondary N) is 2. The minimum atomic E-state index is -1.25. The number of likely N-dealkylation sites (N-methyl/N-ethyl adjacent to an activating group) is 2. The molecule has 6 atom stereocenters. The van der Waals surface area contributed by atoms with Gasteiger partial charge >= 0.3 is 0 Å². The summed E-state index contributed by atoms with van der Waals surface area (Å²) in [6, 6.07) is 5.79. The van der Waals surface area contributed by atoms with Gasteiger partial charge in [0.15, 0.2) is 22.9 Å². The lowest BCUT2D eigenvalue weighted by molar-refractivity contribution is 0.0421. The van der Waals surface area contributed by atoms with Gasteiger partial charge in [0.2, 0.25) is 10.9 Å². The standard InChI is InChI=1S/C22H23F2N3O5.C21H21F2N3O5.2CH4/c1-10-17(28)15-14(20(30)25-8-11-5-6-12(23)7-13(11)24)18(29)19(32-4)16-21(31)26(3)9-22(10,2)27(15)16;1-9-16(27)14-13(19(30)24-7-10-4-5-11(22)6-12(10)23)17(28)18(29)15-20(31)25(3)8-21(9,2)26(14)15;;/h5-7,10,17,28H,8-9H2,1-4H3,(H,25,30);4-6,9,16,27,29H,7-8H2,1-3H3,(H,24,30);2*1H4. The number of rotatable bonds is 7. The second-order valence-corrected chi connectivity index (χ2v) is 16.8. The number of carbonyl (C=O) groups is 4. The smallest absolute Gasteiger partial charge is 0.274 e. The van der Waals surface area contributed by atoms with Crippen molar-refractivity contribution in [2.75, 3.05) is 34.3 Å². The Morgan fingerprint density at radius 3 is 1.49 bits per heavy atom. The van der Waals surface area contributed by atoms with Gasteiger partial charge in [0.1, 0.15) is 34.4 Å². The summed E-state index contributed by atoms with van der Waals surface area (Å²) in [4.78, 5) is 80.5. The molecule has 5 N–H and O–H groups in total.